The fourth-order valence-electron chi connectivity index (χ4n) is 3.50. The molecule has 0 saturated carbocycles. The highest BCUT2D eigenvalue weighted by atomic mass is 32.2. The molecule has 0 unspecified atom stereocenters. The Morgan fingerprint density at radius 1 is 1.04 bits per heavy atom. The Morgan fingerprint density at radius 2 is 1.64 bits per heavy atom. The number of anilines is 2. The SMILES string of the molecule is O=C(CCN1c2ccccc2Sc2ccccc21)NC1CCNCC1. The first kappa shape index (κ1) is 16.5. The number of hydrogen-bond donors (Lipinski definition) is 2. The Balaban J connectivity index is 1.47. The van der Waals surface area contributed by atoms with E-state index in [0.29, 0.717) is 19.0 Å². The van der Waals surface area contributed by atoms with Crippen LogP contribution in [0.1, 0.15) is 19.3 Å². The Bertz CT molecular complexity index is 713. The summed E-state index contributed by atoms with van der Waals surface area (Å²) >= 11 is 1.80. The number of benzene rings is 2. The molecule has 4 rings (SSSR count). The third-order valence-corrected chi connectivity index (χ3v) is 5.93. The predicted molar refractivity (Wildman–Crippen MR) is 103 cm³/mol. The zero-order chi connectivity index (χ0) is 17.1. The molecule has 2 heterocycles. The monoisotopic (exact) mass is 353 g/mol. The van der Waals surface area contributed by atoms with Crippen molar-refractivity contribution in [2.45, 2.75) is 35.1 Å². The lowest BCUT2D eigenvalue weighted by molar-refractivity contribution is -0.121. The van der Waals surface area contributed by atoms with Gasteiger partial charge in [-0.15, -0.1) is 0 Å². The highest BCUT2D eigenvalue weighted by Gasteiger charge is 2.23. The maximum Gasteiger partial charge on any atom is 0.222 e. The number of carbonyl (C=O) groups is 1. The smallest absolute Gasteiger partial charge is 0.222 e. The number of rotatable bonds is 4. The van der Waals surface area contributed by atoms with E-state index >= 15 is 0 Å². The van der Waals surface area contributed by atoms with Crippen LogP contribution in [0.3, 0.4) is 0 Å². The second kappa shape index (κ2) is 7.50. The van der Waals surface area contributed by atoms with Gasteiger partial charge in [0.1, 0.15) is 0 Å². The van der Waals surface area contributed by atoms with Crippen LogP contribution in [0.2, 0.25) is 0 Å². The van der Waals surface area contributed by atoms with Crippen LogP contribution in [0.4, 0.5) is 11.4 Å². The van der Waals surface area contributed by atoms with E-state index in [0.717, 1.165) is 25.9 Å². The molecule has 2 aromatic carbocycles. The lowest BCUT2D eigenvalue weighted by Crippen LogP contribution is -2.43. The summed E-state index contributed by atoms with van der Waals surface area (Å²) in [5, 5.41) is 6.53. The van der Waals surface area contributed by atoms with Gasteiger partial charge in [0.05, 0.1) is 11.4 Å². The minimum Gasteiger partial charge on any atom is -0.353 e. The molecule has 1 fully saturated rings. The zero-order valence-corrected chi connectivity index (χ0v) is 15.0. The Labute approximate surface area is 153 Å². The Morgan fingerprint density at radius 3 is 2.28 bits per heavy atom. The number of para-hydroxylation sites is 2. The normalized spacial score (nSPS) is 16.9. The van der Waals surface area contributed by atoms with Gasteiger partial charge in [-0.3, -0.25) is 4.79 Å². The summed E-state index contributed by atoms with van der Waals surface area (Å²) in [7, 11) is 0. The lowest BCUT2D eigenvalue weighted by atomic mass is 10.1. The quantitative estimate of drug-likeness (QED) is 0.882. The van der Waals surface area contributed by atoms with Crippen LogP contribution >= 0.6 is 11.8 Å². The Kier molecular flexibility index (Phi) is 4.95. The fraction of sp³-hybridized carbons (Fsp3) is 0.350. The van der Waals surface area contributed by atoms with Crippen LogP contribution in [0, 0.1) is 0 Å². The van der Waals surface area contributed by atoms with Crippen molar-refractivity contribution in [1.82, 2.24) is 10.6 Å². The van der Waals surface area contributed by atoms with Crippen molar-refractivity contribution in [3.05, 3.63) is 48.5 Å². The molecule has 1 amide bonds. The van der Waals surface area contributed by atoms with Gasteiger partial charge >= 0.3 is 0 Å². The van der Waals surface area contributed by atoms with Crippen molar-refractivity contribution in [2.75, 3.05) is 24.5 Å². The number of nitrogens with zero attached hydrogens (tertiary/aromatic N) is 1. The first-order valence-corrected chi connectivity index (χ1v) is 9.76. The van der Waals surface area contributed by atoms with Crippen molar-refractivity contribution in [1.29, 1.82) is 0 Å². The standard InChI is InChI=1S/C20H23N3OS/c24-20(22-15-9-12-21-13-10-15)11-14-23-16-5-1-3-7-18(16)25-19-8-4-2-6-17(19)23/h1-8,15,21H,9-14H2,(H,22,24). The first-order valence-electron chi connectivity index (χ1n) is 8.95. The second-order valence-electron chi connectivity index (χ2n) is 6.53. The molecule has 4 nitrogen and oxygen atoms in total. The van der Waals surface area contributed by atoms with Crippen molar-refractivity contribution in [3.8, 4) is 0 Å². The molecule has 0 spiro atoms. The summed E-state index contributed by atoms with van der Waals surface area (Å²) in [5.41, 5.74) is 2.39. The van der Waals surface area contributed by atoms with E-state index in [-0.39, 0.29) is 5.91 Å². The molecule has 2 N–H and O–H groups in total. The molecule has 2 aliphatic rings. The maximum atomic E-state index is 12.4. The van der Waals surface area contributed by atoms with Crippen LogP contribution in [0.15, 0.2) is 58.3 Å². The number of piperidine rings is 1. The summed E-state index contributed by atoms with van der Waals surface area (Å²) in [6.07, 6.45) is 2.56. The number of carbonyl (C=O) groups excluding carboxylic acids is 1. The summed E-state index contributed by atoms with van der Waals surface area (Å²) in [6.45, 7) is 2.69. The van der Waals surface area contributed by atoms with Gasteiger partial charge < -0.3 is 15.5 Å². The van der Waals surface area contributed by atoms with Crippen LogP contribution in [-0.2, 0) is 4.79 Å². The van der Waals surface area contributed by atoms with Crippen LogP contribution in [0.5, 0.6) is 0 Å². The van der Waals surface area contributed by atoms with E-state index in [9.17, 15) is 4.79 Å². The van der Waals surface area contributed by atoms with E-state index in [1.807, 2.05) is 0 Å². The van der Waals surface area contributed by atoms with Crippen LogP contribution in [0.25, 0.3) is 0 Å². The number of amides is 1. The zero-order valence-electron chi connectivity index (χ0n) is 14.2. The van der Waals surface area contributed by atoms with E-state index in [4.69, 9.17) is 0 Å². The van der Waals surface area contributed by atoms with Crippen molar-refractivity contribution < 1.29 is 4.79 Å². The van der Waals surface area contributed by atoms with E-state index < -0.39 is 0 Å². The Hall–Kier alpha value is -1.98. The average Bonchev–Trinajstić information content (AvgIpc) is 2.66. The molecule has 0 aromatic heterocycles. The van der Waals surface area contributed by atoms with Crippen LogP contribution < -0.4 is 15.5 Å². The average molecular weight is 353 g/mol. The van der Waals surface area contributed by atoms with Crippen molar-refractivity contribution in [2.24, 2.45) is 0 Å². The van der Waals surface area contributed by atoms with Gasteiger partial charge in [0, 0.05) is 28.8 Å². The van der Waals surface area contributed by atoms with Gasteiger partial charge in [0.25, 0.3) is 0 Å². The fourth-order valence-corrected chi connectivity index (χ4v) is 4.60. The molecular weight excluding hydrogens is 330 g/mol. The van der Waals surface area contributed by atoms with Crippen molar-refractivity contribution in [3.63, 3.8) is 0 Å². The van der Waals surface area contributed by atoms with Gasteiger partial charge in [0.15, 0.2) is 0 Å². The predicted octanol–water partition coefficient (Wildman–Crippen LogP) is 3.55. The first-order chi connectivity index (χ1) is 12.3. The molecule has 0 radical (unpaired) electrons. The third-order valence-electron chi connectivity index (χ3n) is 4.80. The molecule has 0 bridgehead atoms. The molecule has 2 aromatic rings. The topological polar surface area (TPSA) is 44.4 Å². The summed E-state index contributed by atoms with van der Waals surface area (Å²) in [4.78, 5) is 17.2. The van der Waals surface area contributed by atoms with Gasteiger partial charge in [0.2, 0.25) is 5.91 Å². The van der Waals surface area contributed by atoms with Crippen molar-refractivity contribution >= 4 is 29.0 Å². The molecule has 25 heavy (non-hydrogen) atoms. The minimum atomic E-state index is 0.153. The van der Waals surface area contributed by atoms with Gasteiger partial charge in [-0.2, -0.15) is 0 Å². The number of nitrogens with one attached hydrogen (secondary N) is 2. The van der Waals surface area contributed by atoms with E-state index in [1.165, 1.54) is 21.2 Å². The minimum absolute atomic E-state index is 0.153. The highest BCUT2D eigenvalue weighted by Crippen LogP contribution is 2.47. The lowest BCUT2D eigenvalue weighted by Gasteiger charge is -2.33. The van der Waals surface area contributed by atoms with E-state index in [1.54, 1.807) is 11.8 Å². The molecule has 130 valence electrons. The summed E-state index contributed by atoms with van der Waals surface area (Å²) in [5.74, 6) is 0.153. The molecule has 0 atom stereocenters. The number of hydrogen-bond acceptors (Lipinski definition) is 4. The highest BCUT2D eigenvalue weighted by molar-refractivity contribution is 7.99. The third kappa shape index (κ3) is 3.67. The molecule has 1 saturated heterocycles. The molecule has 5 heteroatoms. The van der Waals surface area contributed by atoms with Gasteiger partial charge in [-0.05, 0) is 50.2 Å². The largest absolute Gasteiger partial charge is 0.353 e. The maximum absolute atomic E-state index is 12.4. The van der Waals surface area contributed by atoms with E-state index in [2.05, 4.69) is 64.1 Å². The molecular formula is C20H23N3OS. The molecule has 2 aliphatic heterocycles. The van der Waals surface area contributed by atoms with Crippen LogP contribution in [-0.4, -0.2) is 31.6 Å². The summed E-state index contributed by atoms with van der Waals surface area (Å²) in [6, 6.07) is 17.2. The number of fused-ring (bicyclic) bond motifs is 2. The molecule has 0 aliphatic carbocycles. The summed E-state index contributed by atoms with van der Waals surface area (Å²) < 4.78 is 0. The van der Waals surface area contributed by atoms with Gasteiger partial charge in [-0.1, -0.05) is 36.0 Å². The second-order valence-corrected chi connectivity index (χ2v) is 7.61. The van der Waals surface area contributed by atoms with Gasteiger partial charge in [-0.25, -0.2) is 0 Å².